The second kappa shape index (κ2) is 4.97. The zero-order valence-electron chi connectivity index (χ0n) is 10.9. The van der Waals surface area contributed by atoms with E-state index in [1.807, 2.05) is 0 Å². The van der Waals surface area contributed by atoms with E-state index < -0.39 is 16.7 Å². The largest absolute Gasteiger partial charge is 0.442 e. The Bertz CT molecular complexity index is 433. The summed E-state index contributed by atoms with van der Waals surface area (Å²) in [5, 5.41) is 3.88. The Hall–Kier alpha value is -1.57. The van der Waals surface area contributed by atoms with E-state index >= 15 is 0 Å². The van der Waals surface area contributed by atoms with Crippen LogP contribution in [0.5, 0.6) is 0 Å². The summed E-state index contributed by atoms with van der Waals surface area (Å²) >= 11 is 1.19. The van der Waals surface area contributed by atoms with Gasteiger partial charge in [-0.15, -0.1) is 0 Å². The molecule has 0 radical (unpaired) electrons. The molecule has 0 unspecified atom stereocenters. The Kier molecular flexibility index (Phi) is 4.00. The molecule has 1 aliphatic rings. The first kappa shape index (κ1) is 14.5. The lowest BCUT2D eigenvalue weighted by atomic mass is 10.2. The molecular formula is C10H15N3O4S. The Balaban J connectivity index is 2.73. The van der Waals surface area contributed by atoms with Crippen LogP contribution in [0.2, 0.25) is 0 Å². The lowest BCUT2D eigenvalue weighted by Crippen LogP contribution is -2.33. The van der Waals surface area contributed by atoms with Gasteiger partial charge in [-0.25, -0.2) is 9.69 Å². The SMILES string of the molecule is CC(=O)N(C)C(=O)ON=C1SC(C)(C)C(=O)N1C. The molecule has 0 aromatic carbocycles. The summed E-state index contributed by atoms with van der Waals surface area (Å²) in [5.41, 5.74) is 0. The summed E-state index contributed by atoms with van der Waals surface area (Å²) in [6.45, 7) is 4.74. The van der Waals surface area contributed by atoms with E-state index in [2.05, 4.69) is 9.99 Å². The highest BCUT2D eigenvalue weighted by Crippen LogP contribution is 2.35. The van der Waals surface area contributed by atoms with Gasteiger partial charge in [-0.3, -0.25) is 19.3 Å². The zero-order chi connectivity index (χ0) is 14.1. The number of amidine groups is 1. The number of imide groups is 1. The van der Waals surface area contributed by atoms with Crippen LogP contribution in [-0.4, -0.2) is 51.7 Å². The minimum absolute atomic E-state index is 0.123. The highest BCUT2D eigenvalue weighted by Gasteiger charge is 2.43. The molecule has 3 amide bonds. The molecule has 100 valence electrons. The summed E-state index contributed by atoms with van der Waals surface area (Å²) in [6, 6.07) is 0. The molecule has 0 bridgehead atoms. The van der Waals surface area contributed by atoms with Crippen LogP contribution >= 0.6 is 11.8 Å². The minimum atomic E-state index is -0.888. The number of oxime groups is 1. The maximum atomic E-state index is 11.7. The van der Waals surface area contributed by atoms with Crippen LogP contribution in [0.3, 0.4) is 0 Å². The number of hydrogen-bond donors (Lipinski definition) is 0. The van der Waals surface area contributed by atoms with Gasteiger partial charge in [-0.05, 0) is 19.0 Å². The number of rotatable bonds is 1. The Morgan fingerprint density at radius 2 is 2.00 bits per heavy atom. The van der Waals surface area contributed by atoms with E-state index in [0.29, 0.717) is 0 Å². The number of hydrogen-bond acceptors (Lipinski definition) is 6. The molecule has 7 nitrogen and oxygen atoms in total. The van der Waals surface area contributed by atoms with E-state index in [1.165, 1.54) is 30.6 Å². The topological polar surface area (TPSA) is 79.3 Å². The van der Waals surface area contributed by atoms with E-state index in [1.54, 1.807) is 20.9 Å². The second-order valence-corrected chi connectivity index (χ2v) is 5.88. The summed E-state index contributed by atoms with van der Waals surface area (Å²) in [5.74, 6) is -0.578. The highest BCUT2D eigenvalue weighted by molar-refractivity contribution is 8.16. The van der Waals surface area contributed by atoms with Crippen molar-refractivity contribution >= 4 is 34.8 Å². The van der Waals surface area contributed by atoms with Gasteiger partial charge in [0.15, 0.2) is 0 Å². The van der Waals surface area contributed by atoms with Crippen molar-refractivity contribution in [1.82, 2.24) is 9.80 Å². The number of nitrogens with zero attached hydrogens (tertiary/aromatic N) is 3. The molecule has 0 aliphatic carbocycles. The summed E-state index contributed by atoms with van der Waals surface area (Å²) < 4.78 is -0.632. The molecule has 1 rings (SSSR count). The molecule has 0 aromatic rings. The average Bonchev–Trinajstić information content (AvgIpc) is 2.48. The number of amides is 3. The van der Waals surface area contributed by atoms with Gasteiger partial charge in [0.1, 0.15) is 0 Å². The van der Waals surface area contributed by atoms with Gasteiger partial charge in [0.25, 0.3) is 0 Å². The van der Waals surface area contributed by atoms with Crippen LogP contribution < -0.4 is 0 Å². The van der Waals surface area contributed by atoms with Gasteiger partial charge in [0, 0.05) is 21.0 Å². The monoisotopic (exact) mass is 273 g/mol. The average molecular weight is 273 g/mol. The predicted molar refractivity (Wildman–Crippen MR) is 66.8 cm³/mol. The molecule has 8 heteroatoms. The fourth-order valence-electron chi connectivity index (χ4n) is 1.18. The van der Waals surface area contributed by atoms with E-state index in [9.17, 15) is 14.4 Å². The number of thioether (sulfide) groups is 1. The van der Waals surface area contributed by atoms with Crippen molar-refractivity contribution in [2.75, 3.05) is 14.1 Å². The lowest BCUT2D eigenvalue weighted by molar-refractivity contribution is -0.128. The van der Waals surface area contributed by atoms with Crippen LogP contribution in [0, 0.1) is 0 Å². The lowest BCUT2D eigenvalue weighted by Gasteiger charge is -2.12. The molecule has 1 saturated heterocycles. The summed E-state index contributed by atoms with van der Waals surface area (Å²) in [6.07, 6.45) is -0.888. The Labute approximate surface area is 109 Å². The first-order valence-corrected chi connectivity index (χ1v) is 5.99. The van der Waals surface area contributed by atoms with Crippen LogP contribution in [0.15, 0.2) is 5.16 Å². The van der Waals surface area contributed by atoms with Crippen molar-refractivity contribution < 1.29 is 19.2 Å². The van der Waals surface area contributed by atoms with Gasteiger partial charge in [-0.1, -0.05) is 11.8 Å². The van der Waals surface area contributed by atoms with Crippen molar-refractivity contribution in [2.45, 2.75) is 25.5 Å². The third kappa shape index (κ3) is 2.81. The van der Waals surface area contributed by atoms with Crippen molar-refractivity contribution in [1.29, 1.82) is 0 Å². The summed E-state index contributed by atoms with van der Waals surface area (Å²) in [4.78, 5) is 40.7. The smallest absolute Gasteiger partial charge is 0.295 e. The Morgan fingerprint density at radius 1 is 1.44 bits per heavy atom. The third-order valence-electron chi connectivity index (χ3n) is 2.40. The molecule has 0 saturated carbocycles. The van der Waals surface area contributed by atoms with Crippen LogP contribution in [-0.2, 0) is 14.4 Å². The molecule has 1 fully saturated rings. The Morgan fingerprint density at radius 3 is 2.39 bits per heavy atom. The number of carbonyl (C=O) groups excluding carboxylic acids is 3. The maximum Gasteiger partial charge on any atom is 0.442 e. The molecule has 0 N–H and O–H groups in total. The second-order valence-electron chi connectivity index (χ2n) is 4.29. The first-order chi connectivity index (χ1) is 8.16. The van der Waals surface area contributed by atoms with Gasteiger partial charge in [0.2, 0.25) is 17.0 Å². The van der Waals surface area contributed by atoms with Crippen molar-refractivity contribution in [2.24, 2.45) is 5.16 Å². The zero-order valence-corrected chi connectivity index (χ0v) is 11.7. The molecular weight excluding hydrogens is 258 g/mol. The van der Waals surface area contributed by atoms with E-state index in [-0.39, 0.29) is 11.1 Å². The maximum absolute atomic E-state index is 11.7. The van der Waals surface area contributed by atoms with Gasteiger partial charge >= 0.3 is 6.09 Å². The van der Waals surface area contributed by atoms with Crippen LogP contribution in [0.25, 0.3) is 0 Å². The van der Waals surface area contributed by atoms with Gasteiger partial charge in [0.05, 0.1) is 4.75 Å². The molecule has 0 atom stereocenters. The minimum Gasteiger partial charge on any atom is -0.295 e. The fraction of sp³-hybridized carbons (Fsp3) is 0.600. The number of carbonyl (C=O) groups is 3. The van der Waals surface area contributed by atoms with Crippen LogP contribution in [0.4, 0.5) is 4.79 Å². The van der Waals surface area contributed by atoms with E-state index in [4.69, 9.17) is 0 Å². The normalized spacial score (nSPS) is 20.2. The molecule has 18 heavy (non-hydrogen) atoms. The quantitative estimate of drug-likeness (QED) is 0.523. The van der Waals surface area contributed by atoms with E-state index in [0.717, 1.165) is 4.90 Å². The van der Waals surface area contributed by atoms with Crippen LogP contribution in [0.1, 0.15) is 20.8 Å². The molecule has 0 aromatic heterocycles. The van der Waals surface area contributed by atoms with Gasteiger partial charge in [-0.2, -0.15) is 0 Å². The van der Waals surface area contributed by atoms with Crippen molar-refractivity contribution in [3.8, 4) is 0 Å². The third-order valence-corrected chi connectivity index (χ3v) is 3.62. The fourth-order valence-corrected chi connectivity index (χ4v) is 2.15. The molecule has 1 aliphatic heterocycles. The highest BCUT2D eigenvalue weighted by atomic mass is 32.2. The standard InChI is InChI=1S/C10H15N3O4S/c1-6(14)12(4)9(16)17-11-8-13(5)7(15)10(2,3)18-8/h1-5H3. The molecule has 0 spiro atoms. The predicted octanol–water partition coefficient (Wildman–Crippen LogP) is 0.856. The molecule has 1 heterocycles. The first-order valence-electron chi connectivity index (χ1n) is 5.17. The van der Waals surface area contributed by atoms with Crippen molar-refractivity contribution in [3.05, 3.63) is 0 Å². The van der Waals surface area contributed by atoms with Gasteiger partial charge < -0.3 is 0 Å². The van der Waals surface area contributed by atoms with Crippen molar-refractivity contribution in [3.63, 3.8) is 0 Å². The summed E-state index contributed by atoms with van der Waals surface area (Å²) in [7, 11) is 2.83.